The molecule has 10 aromatic rings. The van der Waals surface area contributed by atoms with Crippen molar-refractivity contribution in [3.8, 4) is 0 Å². The standard InChI is InChI=1S/C53H36N2S2/c1-53-33-11-10-24-48(53)57-52-42(53)20-13-22-46(52)55(37-16-6-3-7-17-37)44-32-28-35-25-29-40-43(31-27-34-26-30-41(44)50(35)49(34)40)54(36-14-4-2-5-15-36)45-21-12-19-39-38-18-8-9-23-47(38)56-51(39)45/h2-33,48H,1H3. The molecule has 1 aliphatic carbocycles. The minimum atomic E-state index is -0.0447. The van der Waals surface area contributed by atoms with Gasteiger partial charge < -0.3 is 9.80 Å². The van der Waals surface area contributed by atoms with E-state index in [2.05, 4.69) is 211 Å². The SMILES string of the molecule is CC12C=CC=CC1Sc1c(N(c3ccccc3)c3ccc4ccc5c(N(c6ccccc6)c6cccc7c6sc6ccccc67)ccc6ccc3c4c65)cccc12. The van der Waals surface area contributed by atoms with Gasteiger partial charge >= 0.3 is 0 Å². The van der Waals surface area contributed by atoms with E-state index in [0.717, 1.165) is 11.4 Å². The molecule has 4 heteroatoms. The number of fused-ring (bicyclic) bond motifs is 6. The fourth-order valence-electron chi connectivity index (χ4n) is 9.53. The molecule has 2 nitrogen and oxygen atoms in total. The molecule has 12 rings (SSSR count). The van der Waals surface area contributed by atoms with Gasteiger partial charge in [0.2, 0.25) is 0 Å². The molecule has 1 aromatic heterocycles. The van der Waals surface area contributed by atoms with Crippen LogP contribution in [0.25, 0.3) is 52.5 Å². The lowest BCUT2D eigenvalue weighted by molar-refractivity contribution is 0.620. The molecule has 0 amide bonds. The molecule has 9 aromatic carbocycles. The minimum absolute atomic E-state index is 0.0447. The van der Waals surface area contributed by atoms with Gasteiger partial charge in [0.1, 0.15) is 0 Å². The van der Waals surface area contributed by atoms with Crippen LogP contribution >= 0.6 is 23.1 Å². The van der Waals surface area contributed by atoms with Crippen molar-refractivity contribution in [3.63, 3.8) is 0 Å². The number of nitrogens with zero attached hydrogens (tertiary/aromatic N) is 2. The summed E-state index contributed by atoms with van der Waals surface area (Å²) in [4.78, 5) is 6.34. The van der Waals surface area contributed by atoms with Gasteiger partial charge in [-0.25, -0.2) is 0 Å². The van der Waals surface area contributed by atoms with Crippen molar-refractivity contribution in [1.82, 2.24) is 0 Å². The highest BCUT2D eigenvalue weighted by atomic mass is 32.2. The topological polar surface area (TPSA) is 6.48 Å². The van der Waals surface area contributed by atoms with E-state index >= 15 is 0 Å². The molecule has 270 valence electrons. The lowest BCUT2D eigenvalue weighted by Crippen LogP contribution is -2.28. The Kier molecular flexibility index (Phi) is 7.26. The normalized spacial score (nSPS) is 17.2. The van der Waals surface area contributed by atoms with E-state index in [9.17, 15) is 0 Å². The first-order valence-corrected chi connectivity index (χ1v) is 21.3. The molecule has 2 unspecified atom stereocenters. The van der Waals surface area contributed by atoms with E-state index in [1.165, 1.54) is 85.7 Å². The van der Waals surface area contributed by atoms with Gasteiger partial charge in [0.15, 0.2) is 0 Å². The first-order chi connectivity index (χ1) is 28.2. The first kappa shape index (κ1) is 32.9. The molecule has 0 bridgehead atoms. The molecule has 0 N–H and O–H groups in total. The number of para-hydroxylation sites is 2. The van der Waals surface area contributed by atoms with Crippen LogP contribution in [0, 0.1) is 0 Å². The Hall–Kier alpha value is -6.33. The summed E-state index contributed by atoms with van der Waals surface area (Å²) < 4.78 is 2.60. The van der Waals surface area contributed by atoms with Gasteiger partial charge in [-0.05, 0) is 81.7 Å². The highest BCUT2D eigenvalue weighted by Crippen LogP contribution is 2.57. The zero-order chi connectivity index (χ0) is 37.7. The Morgan fingerprint density at radius 1 is 0.474 bits per heavy atom. The summed E-state index contributed by atoms with van der Waals surface area (Å²) in [6.45, 7) is 2.39. The first-order valence-electron chi connectivity index (χ1n) is 19.6. The summed E-state index contributed by atoms with van der Waals surface area (Å²) in [5.74, 6) is 0. The third kappa shape index (κ3) is 4.84. The Bertz CT molecular complexity index is 3250. The summed E-state index contributed by atoms with van der Waals surface area (Å²) in [5.41, 5.74) is 8.42. The van der Waals surface area contributed by atoms with Crippen LogP contribution in [0.3, 0.4) is 0 Å². The Labute approximate surface area is 339 Å². The quantitative estimate of drug-likeness (QED) is 0.156. The molecule has 2 atom stereocenters. The molecule has 0 saturated heterocycles. The molecule has 2 heterocycles. The fraction of sp³-hybridized carbons (Fsp3) is 0.0566. The summed E-state index contributed by atoms with van der Waals surface area (Å²) >= 11 is 3.87. The van der Waals surface area contributed by atoms with E-state index in [0.29, 0.717) is 5.25 Å². The van der Waals surface area contributed by atoms with Crippen LogP contribution in [0.2, 0.25) is 0 Å². The number of hydrogen-bond donors (Lipinski definition) is 0. The molecule has 0 fully saturated rings. The fourth-order valence-corrected chi connectivity index (χ4v) is 12.3. The molecular weight excluding hydrogens is 729 g/mol. The van der Waals surface area contributed by atoms with Crippen molar-refractivity contribution in [1.29, 1.82) is 0 Å². The van der Waals surface area contributed by atoms with Gasteiger partial charge in [-0.1, -0.05) is 146 Å². The summed E-state index contributed by atoms with van der Waals surface area (Å²) in [7, 11) is 0. The smallest absolute Gasteiger partial charge is 0.0640 e. The predicted octanol–water partition coefficient (Wildman–Crippen LogP) is 15.7. The van der Waals surface area contributed by atoms with Crippen LogP contribution in [0.4, 0.5) is 34.1 Å². The number of hydrogen-bond acceptors (Lipinski definition) is 4. The largest absolute Gasteiger partial charge is 0.309 e. The minimum Gasteiger partial charge on any atom is -0.309 e. The zero-order valence-electron chi connectivity index (χ0n) is 31.3. The molecule has 0 radical (unpaired) electrons. The van der Waals surface area contributed by atoms with Gasteiger partial charge in [-0.15, -0.1) is 23.1 Å². The Morgan fingerprint density at radius 3 is 1.75 bits per heavy atom. The summed E-state index contributed by atoms with van der Waals surface area (Å²) in [6, 6.07) is 62.9. The lowest BCUT2D eigenvalue weighted by atomic mass is 9.77. The van der Waals surface area contributed by atoms with Crippen LogP contribution in [0.15, 0.2) is 199 Å². The predicted molar refractivity (Wildman–Crippen MR) is 248 cm³/mol. The summed E-state index contributed by atoms with van der Waals surface area (Å²) in [6.07, 6.45) is 9.18. The number of rotatable bonds is 6. The number of thioether (sulfide) groups is 1. The van der Waals surface area contributed by atoms with Gasteiger partial charge in [0.25, 0.3) is 0 Å². The second kappa shape index (κ2) is 12.6. The molecule has 0 saturated carbocycles. The maximum Gasteiger partial charge on any atom is 0.0640 e. The Morgan fingerprint density at radius 2 is 1.05 bits per heavy atom. The lowest BCUT2D eigenvalue weighted by Gasteiger charge is -2.31. The van der Waals surface area contributed by atoms with Gasteiger partial charge in [0, 0.05) is 53.2 Å². The number of allylic oxidation sites excluding steroid dienone is 3. The van der Waals surface area contributed by atoms with Crippen LogP contribution in [0.1, 0.15) is 12.5 Å². The number of anilines is 6. The van der Waals surface area contributed by atoms with Crippen LogP contribution in [-0.2, 0) is 5.41 Å². The third-order valence-electron chi connectivity index (χ3n) is 12.2. The van der Waals surface area contributed by atoms with Crippen molar-refractivity contribution in [2.24, 2.45) is 0 Å². The zero-order valence-corrected chi connectivity index (χ0v) is 32.9. The van der Waals surface area contributed by atoms with Crippen LogP contribution < -0.4 is 9.80 Å². The second-order valence-electron chi connectivity index (χ2n) is 15.4. The summed E-state index contributed by atoms with van der Waals surface area (Å²) in [5, 5.41) is 10.5. The van der Waals surface area contributed by atoms with Gasteiger partial charge in [-0.2, -0.15) is 0 Å². The molecular formula is C53H36N2S2. The molecule has 0 spiro atoms. The van der Waals surface area contributed by atoms with E-state index in [1.807, 2.05) is 23.1 Å². The monoisotopic (exact) mass is 764 g/mol. The highest BCUT2D eigenvalue weighted by Gasteiger charge is 2.43. The van der Waals surface area contributed by atoms with Crippen molar-refractivity contribution in [3.05, 3.63) is 200 Å². The van der Waals surface area contributed by atoms with Gasteiger partial charge in [0.05, 0.1) is 27.4 Å². The molecule has 57 heavy (non-hydrogen) atoms. The molecule has 2 aliphatic rings. The number of benzene rings is 9. The van der Waals surface area contributed by atoms with Crippen molar-refractivity contribution in [2.75, 3.05) is 9.80 Å². The van der Waals surface area contributed by atoms with E-state index < -0.39 is 0 Å². The third-order valence-corrected chi connectivity index (χ3v) is 15.0. The maximum atomic E-state index is 2.51. The molecule has 1 aliphatic heterocycles. The van der Waals surface area contributed by atoms with E-state index in [1.54, 1.807) is 0 Å². The maximum absolute atomic E-state index is 2.51. The average molecular weight is 765 g/mol. The van der Waals surface area contributed by atoms with Crippen LogP contribution in [0.5, 0.6) is 0 Å². The van der Waals surface area contributed by atoms with E-state index in [-0.39, 0.29) is 5.41 Å². The highest BCUT2D eigenvalue weighted by molar-refractivity contribution is 8.00. The van der Waals surface area contributed by atoms with Crippen LogP contribution in [-0.4, -0.2) is 5.25 Å². The Balaban J connectivity index is 1.11. The van der Waals surface area contributed by atoms with Crippen molar-refractivity contribution < 1.29 is 0 Å². The number of thiophene rings is 1. The van der Waals surface area contributed by atoms with E-state index in [4.69, 9.17) is 0 Å². The van der Waals surface area contributed by atoms with Crippen molar-refractivity contribution >= 4 is 110 Å². The second-order valence-corrected chi connectivity index (χ2v) is 17.6. The van der Waals surface area contributed by atoms with Crippen molar-refractivity contribution in [2.45, 2.75) is 22.5 Å². The van der Waals surface area contributed by atoms with Gasteiger partial charge in [-0.3, -0.25) is 0 Å². The average Bonchev–Trinajstić information content (AvgIpc) is 3.80.